The van der Waals surface area contributed by atoms with Crippen LogP contribution in [0, 0.1) is 5.92 Å². The Labute approximate surface area is 143 Å². The normalized spacial score (nSPS) is 15.6. The van der Waals surface area contributed by atoms with E-state index >= 15 is 0 Å². The van der Waals surface area contributed by atoms with Crippen molar-refractivity contribution in [2.45, 2.75) is 12.8 Å². The highest BCUT2D eigenvalue weighted by atomic mass is 32.1. The van der Waals surface area contributed by atoms with Gasteiger partial charge >= 0.3 is 0 Å². The number of hydrogen-bond acceptors (Lipinski definition) is 6. The molecule has 1 N–H and O–H groups in total. The standard InChI is InChI=1S/C17H17N5OS/c23-17(21-16-13-4-10-24-14(13)1-5-20-16)12-2-8-22(9-3-12)15-11-18-6-7-19-15/h1,4-7,10-12H,2-3,8-9H2,(H,20,21,23). The van der Waals surface area contributed by atoms with Gasteiger partial charge in [-0.1, -0.05) is 0 Å². The van der Waals surface area contributed by atoms with Gasteiger partial charge in [-0.15, -0.1) is 11.3 Å². The Hall–Kier alpha value is -2.54. The van der Waals surface area contributed by atoms with E-state index in [0.717, 1.165) is 41.8 Å². The summed E-state index contributed by atoms with van der Waals surface area (Å²) >= 11 is 1.65. The highest BCUT2D eigenvalue weighted by Crippen LogP contribution is 2.27. The van der Waals surface area contributed by atoms with Crippen LogP contribution in [-0.4, -0.2) is 33.9 Å². The number of nitrogens with zero attached hydrogens (tertiary/aromatic N) is 4. The third-order valence-electron chi connectivity index (χ3n) is 4.36. The lowest BCUT2D eigenvalue weighted by atomic mass is 9.96. The second-order valence-electron chi connectivity index (χ2n) is 5.81. The molecule has 122 valence electrons. The second-order valence-corrected chi connectivity index (χ2v) is 6.75. The molecule has 3 aromatic heterocycles. The zero-order valence-electron chi connectivity index (χ0n) is 13.1. The lowest BCUT2D eigenvalue weighted by Gasteiger charge is -2.31. The van der Waals surface area contributed by atoms with Crippen molar-refractivity contribution >= 4 is 39.0 Å². The zero-order valence-corrected chi connectivity index (χ0v) is 13.9. The number of nitrogens with one attached hydrogen (secondary N) is 1. The van der Waals surface area contributed by atoms with Gasteiger partial charge in [0.05, 0.1) is 6.20 Å². The van der Waals surface area contributed by atoms with Crippen LogP contribution in [0.1, 0.15) is 12.8 Å². The van der Waals surface area contributed by atoms with E-state index in [4.69, 9.17) is 0 Å². The number of carbonyl (C=O) groups is 1. The lowest BCUT2D eigenvalue weighted by molar-refractivity contribution is -0.120. The first kappa shape index (κ1) is 15.0. The molecule has 0 saturated carbocycles. The van der Waals surface area contributed by atoms with Gasteiger partial charge in [-0.05, 0) is 30.4 Å². The van der Waals surface area contributed by atoms with Crippen LogP contribution >= 0.6 is 11.3 Å². The molecule has 4 heterocycles. The van der Waals surface area contributed by atoms with Crippen molar-refractivity contribution in [2.75, 3.05) is 23.3 Å². The molecule has 1 amide bonds. The van der Waals surface area contributed by atoms with Crippen molar-refractivity contribution in [2.24, 2.45) is 5.92 Å². The molecule has 0 unspecified atom stereocenters. The molecule has 0 bridgehead atoms. The minimum Gasteiger partial charge on any atom is -0.355 e. The number of hydrogen-bond donors (Lipinski definition) is 1. The Balaban J connectivity index is 1.41. The predicted octanol–water partition coefficient (Wildman–Crippen LogP) is 2.94. The number of anilines is 2. The van der Waals surface area contributed by atoms with Crippen molar-refractivity contribution in [3.8, 4) is 0 Å². The van der Waals surface area contributed by atoms with E-state index < -0.39 is 0 Å². The van der Waals surface area contributed by atoms with E-state index in [0.29, 0.717) is 5.82 Å². The average Bonchev–Trinajstić information content (AvgIpc) is 3.12. The second kappa shape index (κ2) is 6.52. The van der Waals surface area contributed by atoms with Crippen molar-refractivity contribution in [1.82, 2.24) is 15.0 Å². The topological polar surface area (TPSA) is 71.0 Å². The number of carbonyl (C=O) groups excluding carboxylic acids is 1. The minimum atomic E-state index is 0.00798. The van der Waals surface area contributed by atoms with Gasteiger partial charge in [0.25, 0.3) is 0 Å². The Morgan fingerprint density at radius 1 is 1.17 bits per heavy atom. The van der Waals surface area contributed by atoms with E-state index in [2.05, 4.69) is 25.2 Å². The number of rotatable bonds is 3. The van der Waals surface area contributed by atoms with Gasteiger partial charge in [-0.2, -0.15) is 0 Å². The Morgan fingerprint density at radius 3 is 2.83 bits per heavy atom. The molecule has 1 fully saturated rings. The van der Waals surface area contributed by atoms with Crippen molar-refractivity contribution in [3.63, 3.8) is 0 Å². The van der Waals surface area contributed by atoms with Gasteiger partial charge in [0.2, 0.25) is 5.91 Å². The van der Waals surface area contributed by atoms with Gasteiger partial charge in [-0.3, -0.25) is 9.78 Å². The first-order chi connectivity index (χ1) is 11.8. The van der Waals surface area contributed by atoms with Crippen molar-refractivity contribution in [3.05, 3.63) is 42.3 Å². The summed E-state index contributed by atoms with van der Waals surface area (Å²) in [6, 6.07) is 3.97. The SMILES string of the molecule is O=C(Nc1nccc2sccc12)C1CCN(c2cnccn2)CC1. The molecule has 0 atom stereocenters. The van der Waals surface area contributed by atoms with E-state index in [1.165, 1.54) is 0 Å². The largest absolute Gasteiger partial charge is 0.355 e. The maximum Gasteiger partial charge on any atom is 0.228 e. The summed E-state index contributed by atoms with van der Waals surface area (Å²) in [6.45, 7) is 1.62. The summed E-state index contributed by atoms with van der Waals surface area (Å²) in [6.07, 6.45) is 8.49. The molecule has 6 nitrogen and oxygen atoms in total. The number of pyridine rings is 1. The quantitative estimate of drug-likeness (QED) is 0.794. The number of amides is 1. The first-order valence-electron chi connectivity index (χ1n) is 7.95. The smallest absolute Gasteiger partial charge is 0.228 e. The van der Waals surface area contributed by atoms with Crippen LogP contribution in [-0.2, 0) is 4.79 Å². The van der Waals surface area contributed by atoms with Crippen molar-refractivity contribution in [1.29, 1.82) is 0 Å². The lowest BCUT2D eigenvalue weighted by Crippen LogP contribution is -2.38. The Morgan fingerprint density at radius 2 is 2.04 bits per heavy atom. The van der Waals surface area contributed by atoms with Crippen LogP contribution in [0.4, 0.5) is 11.6 Å². The van der Waals surface area contributed by atoms with Crippen LogP contribution in [0.15, 0.2) is 42.3 Å². The minimum absolute atomic E-state index is 0.00798. The number of aromatic nitrogens is 3. The van der Waals surface area contributed by atoms with Crippen LogP contribution < -0.4 is 10.2 Å². The van der Waals surface area contributed by atoms with Crippen LogP contribution in [0.25, 0.3) is 10.1 Å². The van der Waals surface area contributed by atoms with Crippen LogP contribution in [0.5, 0.6) is 0 Å². The highest BCUT2D eigenvalue weighted by Gasteiger charge is 2.26. The molecule has 0 aliphatic carbocycles. The van der Waals surface area contributed by atoms with Crippen molar-refractivity contribution < 1.29 is 4.79 Å². The van der Waals surface area contributed by atoms with E-state index in [1.807, 2.05) is 17.5 Å². The Bertz CT molecular complexity index is 842. The fourth-order valence-corrected chi connectivity index (χ4v) is 3.82. The van der Waals surface area contributed by atoms with E-state index in [9.17, 15) is 4.79 Å². The molecule has 1 aliphatic rings. The molecule has 0 spiro atoms. The molecular formula is C17H17N5OS. The first-order valence-corrected chi connectivity index (χ1v) is 8.83. The summed E-state index contributed by atoms with van der Waals surface area (Å²) in [5.74, 6) is 1.60. The summed E-state index contributed by atoms with van der Waals surface area (Å²) in [4.78, 5) is 27.5. The van der Waals surface area contributed by atoms with Gasteiger partial charge < -0.3 is 10.2 Å². The molecule has 1 aliphatic heterocycles. The average molecular weight is 339 g/mol. The van der Waals surface area contributed by atoms with Gasteiger partial charge in [-0.25, -0.2) is 9.97 Å². The fourth-order valence-electron chi connectivity index (χ4n) is 3.04. The van der Waals surface area contributed by atoms with Gasteiger partial charge in [0.1, 0.15) is 11.6 Å². The van der Waals surface area contributed by atoms with Gasteiger partial charge in [0, 0.05) is 47.7 Å². The summed E-state index contributed by atoms with van der Waals surface area (Å²) in [5, 5.41) is 6.03. The molecule has 4 rings (SSSR count). The van der Waals surface area contributed by atoms with E-state index in [-0.39, 0.29) is 11.8 Å². The molecule has 0 radical (unpaired) electrons. The summed E-state index contributed by atoms with van der Waals surface area (Å²) < 4.78 is 1.14. The number of thiophene rings is 1. The van der Waals surface area contributed by atoms with Crippen LogP contribution in [0.2, 0.25) is 0 Å². The predicted molar refractivity (Wildman–Crippen MR) is 95.2 cm³/mol. The maximum atomic E-state index is 12.6. The number of fused-ring (bicyclic) bond motifs is 1. The Kier molecular flexibility index (Phi) is 4.08. The van der Waals surface area contributed by atoms with Crippen LogP contribution in [0.3, 0.4) is 0 Å². The maximum absolute atomic E-state index is 12.6. The van der Waals surface area contributed by atoms with Gasteiger partial charge in [0.15, 0.2) is 0 Å². The molecule has 7 heteroatoms. The number of piperidine rings is 1. The monoisotopic (exact) mass is 339 g/mol. The summed E-state index contributed by atoms with van der Waals surface area (Å²) in [5.41, 5.74) is 0. The molecule has 0 aromatic carbocycles. The third kappa shape index (κ3) is 2.94. The molecule has 24 heavy (non-hydrogen) atoms. The fraction of sp³-hybridized carbons (Fsp3) is 0.294. The summed E-state index contributed by atoms with van der Waals surface area (Å²) in [7, 11) is 0. The zero-order chi connectivity index (χ0) is 16.4. The molecular weight excluding hydrogens is 322 g/mol. The molecule has 3 aromatic rings. The highest BCUT2D eigenvalue weighted by molar-refractivity contribution is 7.17. The molecule has 1 saturated heterocycles. The third-order valence-corrected chi connectivity index (χ3v) is 5.24. The van der Waals surface area contributed by atoms with E-state index in [1.54, 1.807) is 36.1 Å².